The van der Waals surface area contributed by atoms with Crippen LogP contribution in [0.1, 0.15) is 20.7 Å². The highest BCUT2D eigenvalue weighted by atomic mass is 35.5. The molecule has 0 amide bonds. The van der Waals surface area contributed by atoms with Gasteiger partial charge in [0.2, 0.25) is 0 Å². The number of benzene rings is 2. The van der Waals surface area contributed by atoms with Crippen LogP contribution in [0, 0.1) is 0 Å². The van der Waals surface area contributed by atoms with E-state index in [2.05, 4.69) is 0 Å². The van der Waals surface area contributed by atoms with Gasteiger partial charge in [0.15, 0.2) is 0 Å². The summed E-state index contributed by atoms with van der Waals surface area (Å²) in [5, 5.41) is 18.4. The van der Waals surface area contributed by atoms with Gasteiger partial charge in [-0.1, -0.05) is 29.8 Å². The van der Waals surface area contributed by atoms with E-state index in [1.807, 2.05) is 0 Å². The molecule has 4 nitrogen and oxygen atoms in total. The van der Waals surface area contributed by atoms with Crippen LogP contribution < -0.4 is 0 Å². The van der Waals surface area contributed by atoms with Crippen molar-refractivity contribution < 1.29 is 19.8 Å². The maximum absolute atomic E-state index is 11.2. The quantitative estimate of drug-likeness (QED) is 0.901. The number of carbonyl (C=O) groups is 2. The van der Waals surface area contributed by atoms with Crippen LogP contribution >= 0.6 is 11.6 Å². The molecule has 2 N–H and O–H groups in total. The molecule has 0 aromatic heterocycles. The molecule has 2 rings (SSSR count). The summed E-state index contributed by atoms with van der Waals surface area (Å²) in [5.41, 5.74) is 0.911. The lowest BCUT2D eigenvalue weighted by atomic mass is 9.98. The lowest BCUT2D eigenvalue weighted by molar-refractivity contribution is 0.0687. The Morgan fingerprint density at radius 2 is 1.58 bits per heavy atom. The van der Waals surface area contributed by atoms with Crippen molar-refractivity contribution in [1.29, 1.82) is 0 Å². The smallest absolute Gasteiger partial charge is 0.336 e. The molecule has 5 heteroatoms. The van der Waals surface area contributed by atoms with Crippen molar-refractivity contribution in [3.05, 3.63) is 58.6 Å². The number of hydrogen-bond acceptors (Lipinski definition) is 2. The second kappa shape index (κ2) is 5.12. The average Bonchev–Trinajstić information content (AvgIpc) is 2.39. The minimum Gasteiger partial charge on any atom is -0.478 e. The largest absolute Gasteiger partial charge is 0.478 e. The van der Waals surface area contributed by atoms with Gasteiger partial charge in [-0.05, 0) is 29.8 Å². The van der Waals surface area contributed by atoms with E-state index >= 15 is 0 Å². The monoisotopic (exact) mass is 276 g/mol. The Balaban J connectivity index is 2.68. The fourth-order valence-electron chi connectivity index (χ4n) is 1.77. The summed E-state index contributed by atoms with van der Waals surface area (Å²) >= 11 is 6.03. The number of halogens is 1. The van der Waals surface area contributed by atoms with Crippen LogP contribution in [0.4, 0.5) is 0 Å². The zero-order valence-corrected chi connectivity index (χ0v) is 10.4. The molecule has 0 radical (unpaired) electrons. The van der Waals surface area contributed by atoms with E-state index < -0.39 is 11.9 Å². The predicted octanol–water partition coefficient (Wildman–Crippen LogP) is 3.40. The van der Waals surface area contributed by atoms with Crippen LogP contribution in [0.15, 0.2) is 42.5 Å². The van der Waals surface area contributed by atoms with Gasteiger partial charge in [0.25, 0.3) is 0 Å². The van der Waals surface area contributed by atoms with Gasteiger partial charge in [-0.3, -0.25) is 0 Å². The Bertz CT molecular complexity index is 664. The molecule has 96 valence electrons. The third-order valence-corrected chi connectivity index (χ3v) is 2.99. The first kappa shape index (κ1) is 13.1. The summed E-state index contributed by atoms with van der Waals surface area (Å²) in [6.07, 6.45) is 0. The molecular formula is C14H9ClO4. The van der Waals surface area contributed by atoms with Crippen LogP contribution in [0.2, 0.25) is 5.02 Å². The van der Waals surface area contributed by atoms with Gasteiger partial charge in [-0.2, -0.15) is 0 Å². The van der Waals surface area contributed by atoms with Gasteiger partial charge in [0, 0.05) is 10.6 Å². The van der Waals surface area contributed by atoms with E-state index in [1.54, 1.807) is 18.2 Å². The van der Waals surface area contributed by atoms with Gasteiger partial charge in [-0.25, -0.2) is 9.59 Å². The summed E-state index contributed by atoms with van der Waals surface area (Å²) in [4.78, 5) is 22.1. The highest BCUT2D eigenvalue weighted by molar-refractivity contribution is 6.33. The zero-order chi connectivity index (χ0) is 14.0. The molecule has 0 unspecified atom stereocenters. The Kier molecular flexibility index (Phi) is 3.53. The van der Waals surface area contributed by atoms with E-state index in [0.29, 0.717) is 16.1 Å². The van der Waals surface area contributed by atoms with Gasteiger partial charge in [-0.15, -0.1) is 0 Å². The van der Waals surface area contributed by atoms with E-state index in [-0.39, 0.29) is 11.1 Å². The topological polar surface area (TPSA) is 74.6 Å². The van der Waals surface area contributed by atoms with Crippen molar-refractivity contribution in [1.82, 2.24) is 0 Å². The van der Waals surface area contributed by atoms with Crippen LogP contribution in [0.3, 0.4) is 0 Å². The summed E-state index contributed by atoms with van der Waals surface area (Å²) in [6, 6.07) is 10.5. The second-order valence-electron chi connectivity index (χ2n) is 3.85. The van der Waals surface area contributed by atoms with E-state index in [4.69, 9.17) is 21.8 Å². The SMILES string of the molecule is O=C(O)c1ccc(Cl)c(-c2ccccc2C(=O)O)c1. The Morgan fingerprint density at radius 3 is 2.21 bits per heavy atom. The standard InChI is InChI=1S/C14H9ClO4/c15-12-6-5-8(13(16)17)7-11(12)9-3-1-2-4-10(9)14(18)19/h1-7H,(H,16,17)(H,18,19). The first-order chi connectivity index (χ1) is 9.00. The predicted molar refractivity (Wildman–Crippen MR) is 70.8 cm³/mol. The van der Waals surface area contributed by atoms with Crippen LogP contribution in [0.25, 0.3) is 11.1 Å². The highest BCUT2D eigenvalue weighted by Crippen LogP contribution is 2.31. The molecule has 19 heavy (non-hydrogen) atoms. The number of hydrogen-bond donors (Lipinski definition) is 2. The van der Waals surface area contributed by atoms with Crippen molar-refractivity contribution >= 4 is 23.5 Å². The Hall–Kier alpha value is -2.33. The fraction of sp³-hybridized carbons (Fsp3) is 0. The lowest BCUT2D eigenvalue weighted by Crippen LogP contribution is -2.01. The normalized spacial score (nSPS) is 10.2. The molecule has 0 saturated carbocycles. The third kappa shape index (κ3) is 2.58. The summed E-state index contributed by atoms with van der Waals surface area (Å²) in [5.74, 6) is -2.18. The van der Waals surface area contributed by atoms with E-state index in [9.17, 15) is 9.59 Å². The maximum Gasteiger partial charge on any atom is 0.336 e. The molecule has 0 saturated heterocycles. The molecule has 2 aromatic rings. The molecule has 0 aliphatic heterocycles. The Morgan fingerprint density at radius 1 is 0.895 bits per heavy atom. The van der Waals surface area contributed by atoms with E-state index in [1.165, 1.54) is 24.3 Å². The second-order valence-corrected chi connectivity index (χ2v) is 4.26. The van der Waals surface area contributed by atoms with E-state index in [0.717, 1.165) is 0 Å². The minimum atomic E-state index is -1.09. The van der Waals surface area contributed by atoms with Crippen molar-refractivity contribution in [2.24, 2.45) is 0 Å². The first-order valence-electron chi connectivity index (χ1n) is 5.36. The summed E-state index contributed by atoms with van der Waals surface area (Å²) in [6.45, 7) is 0. The van der Waals surface area contributed by atoms with Crippen molar-refractivity contribution in [2.45, 2.75) is 0 Å². The van der Waals surface area contributed by atoms with Gasteiger partial charge >= 0.3 is 11.9 Å². The number of rotatable bonds is 3. The molecular weight excluding hydrogens is 268 g/mol. The molecule has 0 heterocycles. The molecule has 0 aliphatic carbocycles. The number of carboxylic acids is 2. The minimum absolute atomic E-state index is 0.0552. The molecule has 0 fully saturated rings. The molecule has 2 aromatic carbocycles. The third-order valence-electron chi connectivity index (χ3n) is 2.66. The highest BCUT2D eigenvalue weighted by Gasteiger charge is 2.15. The molecule has 0 atom stereocenters. The van der Waals surface area contributed by atoms with Gasteiger partial charge in [0.05, 0.1) is 11.1 Å². The number of carboxylic acid groups (broad SMARTS) is 2. The van der Waals surface area contributed by atoms with Crippen LogP contribution in [-0.4, -0.2) is 22.2 Å². The Labute approximate surface area is 113 Å². The molecule has 0 bridgehead atoms. The van der Waals surface area contributed by atoms with Gasteiger partial charge in [0.1, 0.15) is 0 Å². The maximum atomic E-state index is 11.2. The van der Waals surface area contributed by atoms with Gasteiger partial charge < -0.3 is 10.2 Å². The van der Waals surface area contributed by atoms with Crippen molar-refractivity contribution in [2.75, 3.05) is 0 Å². The summed E-state index contributed by atoms with van der Waals surface area (Å²) < 4.78 is 0. The van der Waals surface area contributed by atoms with Crippen molar-refractivity contribution in [3.63, 3.8) is 0 Å². The lowest BCUT2D eigenvalue weighted by Gasteiger charge is -2.09. The fourth-order valence-corrected chi connectivity index (χ4v) is 1.99. The summed E-state index contributed by atoms with van der Waals surface area (Å²) in [7, 11) is 0. The van der Waals surface area contributed by atoms with Crippen LogP contribution in [0.5, 0.6) is 0 Å². The molecule has 0 spiro atoms. The molecule has 0 aliphatic rings. The first-order valence-corrected chi connectivity index (χ1v) is 5.74. The number of aromatic carboxylic acids is 2. The average molecular weight is 277 g/mol. The zero-order valence-electron chi connectivity index (χ0n) is 9.63. The van der Waals surface area contributed by atoms with Crippen LogP contribution in [-0.2, 0) is 0 Å². The van der Waals surface area contributed by atoms with Crippen molar-refractivity contribution in [3.8, 4) is 11.1 Å².